The first-order valence-corrected chi connectivity index (χ1v) is 14.9. The number of pyridine rings is 2. The summed E-state index contributed by atoms with van der Waals surface area (Å²) in [4.78, 5) is 19.9. The number of aromatic amines is 1. The van der Waals surface area contributed by atoms with Crippen molar-refractivity contribution in [2.45, 2.75) is 45.6 Å². The van der Waals surface area contributed by atoms with Crippen LogP contribution in [-0.2, 0) is 19.6 Å². The summed E-state index contributed by atoms with van der Waals surface area (Å²) in [5, 5.41) is 10.8. The Bertz CT molecular complexity index is 1390. The molecule has 2 aromatic carbocycles. The zero-order valence-electron chi connectivity index (χ0n) is 24.6. The number of nitrogens with zero attached hydrogens (tertiary/aromatic N) is 4. The van der Waals surface area contributed by atoms with E-state index in [1.54, 1.807) is 0 Å². The van der Waals surface area contributed by atoms with Crippen molar-refractivity contribution >= 4 is 11.0 Å². The molecule has 0 saturated heterocycles. The Labute approximate surface area is 249 Å². The molecule has 0 amide bonds. The Morgan fingerprint density at radius 2 is 1.29 bits per heavy atom. The van der Waals surface area contributed by atoms with Crippen molar-refractivity contribution < 1.29 is 0 Å². The monoisotopic (exact) mass is 562 g/mol. The quantitative estimate of drug-likeness (QED) is 0.132. The maximum atomic E-state index is 4.67. The van der Waals surface area contributed by atoms with Crippen LogP contribution in [-0.4, -0.2) is 51.0 Å². The molecular weight excluding hydrogens is 520 g/mol. The first-order valence-electron chi connectivity index (χ1n) is 14.9. The van der Waals surface area contributed by atoms with Gasteiger partial charge in [-0.25, -0.2) is 4.98 Å². The molecule has 2 atom stereocenters. The van der Waals surface area contributed by atoms with E-state index in [4.69, 9.17) is 0 Å². The van der Waals surface area contributed by atoms with Crippen LogP contribution in [0.1, 0.15) is 54.3 Å². The van der Waals surface area contributed by atoms with E-state index in [0.717, 1.165) is 67.5 Å². The lowest BCUT2D eigenvalue weighted by Crippen LogP contribution is -2.40. The van der Waals surface area contributed by atoms with Gasteiger partial charge in [0.2, 0.25) is 0 Å². The van der Waals surface area contributed by atoms with Crippen molar-refractivity contribution in [3.63, 3.8) is 0 Å². The van der Waals surface area contributed by atoms with E-state index in [1.165, 1.54) is 11.1 Å². The van der Waals surface area contributed by atoms with Crippen molar-refractivity contribution in [1.82, 2.24) is 40.8 Å². The van der Waals surface area contributed by atoms with Gasteiger partial charge in [0.15, 0.2) is 0 Å². The molecule has 8 nitrogen and oxygen atoms in total. The molecule has 0 spiro atoms. The van der Waals surface area contributed by atoms with Gasteiger partial charge in [-0.2, -0.15) is 0 Å². The Balaban J connectivity index is 1.26. The molecule has 8 heteroatoms. The van der Waals surface area contributed by atoms with E-state index < -0.39 is 0 Å². The molecule has 0 saturated carbocycles. The van der Waals surface area contributed by atoms with Crippen LogP contribution in [0.3, 0.4) is 0 Å². The van der Waals surface area contributed by atoms with Gasteiger partial charge in [-0.1, -0.05) is 62.4 Å². The molecule has 0 aliphatic rings. The summed E-state index contributed by atoms with van der Waals surface area (Å²) < 4.78 is 0. The Morgan fingerprint density at radius 3 is 1.86 bits per heavy atom. The number of likely N-dealkylation sites (N-methyl/N-ethyl adjacent to an activating group) is 2. The molecule has 5 rings (SSSR count). The second-order valence-corrected chi connectivity index (χ2v) is 10.5. The second-order valence-electron chi connectivity index (χ2n) is 10.5. The van der Waals surface area contributed by atoms with Crippen molar-refractivity contribution in [1.29, 1.82) is 0 Å². The third-order valence-electron chi connectivity index (χ3n) is 7.36. The fourth-order valence-corrected chi connectivity index (χ4v) is 5.34. The lowest BCUT2D eigenvalue weighted by Gasteiger charge is -2.31. The molecule has 218 valence electrons. The van der Waals surface area contributed by atoms with Crippen LogP contribution in [0.25, 0.3) is 11.0 Å². The van der Waals surface area contributed by atoms with Crippen molar-refractivity contribution in [3.05, 3.63) is 126 Å². The molecule has 0 bridgehead atoms. The van der Waals surface area contributed by atoms with Crippen molar-refractivity contribution in [2.24, 2.45) is 0 Å². The minimum Gasteiger partial charge on any atom is -0.341 e. The van der Waals surface area contributed by atoms with Crippen LogP contribution in [0, 0.1) is 0 Å². The molecule has 3 heterocycles. The largest absolute Gasteiger partial charge is 0.341 e. The molecule has 0 fully saturated rings. The zero-order chi connectivity index (χ0) is 29.0. The molecule has 4 N–H and O–H groups in total. The standard InChI is InChI=1S/C34H42N8/c1-3-36-32(28-11-7-9-19-38-28)24-42(25-33(37-4-2)29-12-8-10-20-39-29)23-27-17-15-26(16-18-27)21-35-22-34-40-30-13-5-6-14-31(30)41-34/h5-20,32-33,35-37H,3-4,21-25H2,1-2H3,(H,40,41). The van der Waals surface area contributed by atoms with Gasteiger partial charge in [0, 0.05) is 38.6 Å². The van der Waals surface area contributed by atoms with E-state index in [9.17, 15) is 0 Å². The van der Waals surface area contributed by atoms with Crippen molar-refractivity contribution in [3.8, 4) is 0 Å². The first kappa shape index (κ1) is 29.5. The summed E-state index contributed by atoms with van der Waals surface area (Å²) in [7, 11) is 0. The Morgan fingerprint density at radius 1 is 0.690 bits per heavy atom. The van der Waals surface area contributed by atoms with Crippen LogP contribution in [0.15, 0.2) is 97.3 Å². The number of para-hydroxylation sites is 2. The molecule has 42 heavy (non-hydrogen) atoms. The fourth-order valence-electron chi connectivity index (χ4n) is 5.34. The molecule has 2 unspecified atom stereocenters. The fraction of sp³-hybridized carbons (Fsp3) is 0.324. The number of hydrogen-bond donors (Lipinski definition) is 4. The molecular formula is C34H42N8. The molecule has 0 aliphatic heterocycles. The molecule has 3 aromatic heterocycles. The van der Waals surface area contributed by atoms with Gasteiger partial charge in [-0.15, -0.1) is 0 Å². The average Bonchev–Trinajstić information content (AvgIpc) is 3.45. The SMILES string of the molecule is CCNC(CN(Cc1ccc(CNCc2nc3ccccc3[nH]2)cc1)CC(NCC)c1ccccn1)c1ccccn1. The highest BCUT2D eigenvalue weighted by molar-refractivity contribution is 5.74. The van der Waals surface area contributed by atoms with Crippen LogP contribution in [0.2, 0.25) is 0 Å². The van der Waals surface area contributed by atoms with Gasteiger partial charge >= 0.3 is 0 Å². The van der Waals surface area contributed by atoms with Crippen LogP contribution >= 0.6 is 0 Å². The number of H-pyrrole nitrogens is 1. The van der Waals surface area contributed by atoms with E-state index >= 15 is 0 Å². The van der Waals surface area contributed by atoms with Gasteiger partial charge < -0.3 is 20.9 Å². The maximum Gasteiger partial charge on any atom is 0.121 e. The number of hydrogen-bond acceptors (Lipinski definition) is 7. The summed E-state index contributed by atoms with van der Waals surface area (Å²) in [6.07, 6.45) is 3.75. The number of nitrogens with one attached hydrogen (secondary N) is 4. The van der Waals surface area contributed by atoms with Gasteiger partial charge in [0.05, 0.1) is 41.0 Å². The van der Waals surface area contributed by atoms with Crippen LogP contribution in [0.4, 0.5) is 0 Å². The third kappa shape index (κ3) is 8.30. The van der Waals surface area contributed by atoms with E-state index in [2.05, 4.69) is 109 Å². The second kappa shape index (κ2) is 15.3. The summed E-state index contributed by atoms with van der Waals surface area (Å²) in [5.74, 6) is 0.953. The van der Waals surface area contributed by atoms with Gasteiger partial charge in [-0.3, -0.25) is 14.9 Å². The van der Waals surface area contributed by atoms with Crippen LogP contribution < -0.4 is 16.0 Å². The highest BCUT2D eigenvalue weighted by Crippen LogP contribution is 2.19. The predicted molar refractivity (Wildman–Crippen MR) is 170 cm³/mol. The first-order chi connectivity index (χ1) is 20.7. The Hall–Kier alpha value is -3.95. The van der Waals surface area contributed by atoms with E-state index in [-0.39, 0.29) is 12.1 Å². The smallest absolute Gasteiger partial charge is 0.121 e. The third-order valence-corrected chi connectivity index (χ3v) is 7.36. The summed E-state index contributed by atoms with van der Waals surface area (Å²) >= 11 is 0. The normalized spacial score (nSPS) is 13.0. The zero-order valence-corrected chi connectivity index (χ0v) is 24.6. The van der Waals surface area contributed by atoms with Gasteiger partial charge in [-0.05, 0) is 60.6 Å². The lowest BCUT2D eigenvalue weighted by atomic mass is 10.1. The predicted octanol–water partition coefficient (Wildman–Crippen LogP) is 5.15. The van der Waals surface area contributed by atoms with Crippen LogP contribution in [0.5, 0.6) is 0 Å². The highest BCUT2D eigenvalue weighted by Gasteiger charge is 2.21. The minimum absolute atomic E-state index is 0.129. The van der Waals surface area contributed by atoms with E-state index in [0.29, 0.717) is 6.54 Å². The molecule has 5 aromatic rings. The summed E-state index contributed by atoms with van der Waals surface area (Å²) in [5.41, 5.74) is 6.73. The molecule has 0 aliphatic carbocycles. The van der Waals surface area contributed by atoms with Gasteiger partial charge in [0.25, 0.3) is 0 Å². The molecule has 0 radical (unpaired) electrons. The lowest BCUT2D eigenvalue weighted by molar-refractivity contribution is 0.208. The summed E-state index contributed by atoms with van der Waals surface area (Å²) in [6.45, 7) is 10.0. The number of imidazole rings is 1. The summed E-state index contributed by atoms with van der Waals surface area (Å²) in [6, 6.07) is 29.6. The van der Waals surface area contributed by atoms with E-state index in [1.807, 2.05) is 42.7 Å². The number of fused-ring (bicyclic) bond motifs is 1. The van der Waals surface area contributed by atoms with Gasteiger partial charge in [0.1, 0.15) is 5.82 Å². The number of aromatic nitrogens is 4. The topological polar surface area (TPSA) is 93.8 Å². The average molecular weight is 563 g/mol. The Kier molecular flexibility index (Phi) is 10.8. The minimum atomic E-state index is 0.129. The van der Waals surface area contributed by atoms with Crippen molar-refractivity contribution in [2.75, 3.05) is 26.2 Å². The number of benzene rings is 2. The maximum absolute atomic E-state index is 4.67. The highest BCUT2D eigenvalue weighted by atomic mass is 15.2. The number of rotatable bonds is 16.